The van der Waals surface area contributed by atoms with Crippen LogP contribution in [-0.4, -0.2) is 30.6 Å². The largest absolute Gasteiger partial charge is 0.403 e. The van der Waals surface area contributed by atoms with Crippen LogP contribution in [0.25, 0.3) is 0 Å². The Morgan fingerprint density at radius 2 is 1.47 bits per heavy atom. The Labute approximate surface area is 190 Å². The van der Waals surface area contributed by atoms with E-state index in [2.05, 4.69) is 122 Å². The van der Waals surface area contributed by atoms with E-state index < -0.39 is 24.5 Å². The summed E-state index contributed by atoms with van der Waals surface area (Å²) in [5.41, 5.74) is 4.12. The maximum atomic E-state index is 7.04. The van der Waals surface area contributed by atoms with Crippen LogP contribution >= 0.6 is 0 Å². The molecular weight excluding hydrogens is 413 g/mol. The van der Waals surface area contributed by atoms with Crippen molar-refractivity contribution in [1.82, 2.24) is 0 Å². The molecule has 0 spiro atoms. The zero-order valence-corrected chi connectivity index (χ0v) is 24.4. The molecule has 0 saturated carbocycles. The van der Waals surface area contributed by atoms with Gasteiger partial charge < -0.3 is 4.43 Å². The third-order valence-corrected chi connectivity index (χ3v) is 20.9. The molecule has 168 valence electrons. The highest BCUT2D eigenvalue weighted by Gasteiger charge is 2.44. The summed E-state index contributed by atoms with van der Waals surface area (Å²) in [5, 5.41) is 1.61. The van der Waals surface area contributed by atoms with Crippen molar-refractivity contribution in [2.75, 3.05) is 0 Å². The number of hydrogen-bond donors (Lipinski definition) is 0. The van der Waals surface area contributed by atoms with Crippen LogP contribution in [0.15, 0.2) is 43.0 Å². The lowest BCUT2D eigenvalue weighted by Crippen LogP contribution is -2.53. The van der Waals surface area contributed by atoms with Crippen LogP contribution in [-0.2, 0) is 4.43 Å². The minimum atomic E-state index is -1.97. The zero-order chi connectivity index (χ0) is 23.2. The molecule has 0 radical (unpaired) electrons. The predicted octanol–water partition coefficient (Wildman–Crippen LogP) is 7.60. The van der Waals surface area contributed by atoms with Crippen LogP contribution in [0.3, 0.4) is 0 Å². The molecule has 4 heteroatoms. The molecule has 0 amide bonds. The average Bonchev–Trinajstić information content (AvgIpc) is 2.69. The highest BCUT2D eigenvalue weighted by molar-refractivity contribution is 6.91. The van der Waals surface area contributed by atoms with Gasteiger partial charge >= 0.3 is 0 Å². The van der Waals surface area contributed by atoms with Gasteiger partial charge in [-0.2, -0.15) is 0 Å². The smallest absolute Gasteiger partial charge is 0.193 e. The third-order valence-electron chi connectivity index (χ3n) is 7.67. The van der Waals surface area contributed by atoms with Crippen molar-refractivity contribution in [2.24, 2.45) is 0 Å². The number of hydrogen-bond acceptors (Lipinski definition) is 1. The first-order chi connectivity index (χ1) is 13.8. The van der Waals surface area contributed by atoms with Gasteiger partial charge in [-0.05, 0) is 36.3 Å². The second kappa shape index (κ2) is 10.6. The molecule has 1 rings (SSSR count). The van der Waals surface area contributed by atoms with E-state index in [0.717, 1.165) is 0 Å². The molecule has 0 aliphatic rings. The van der Waals surface area contributed by atoms with Crippen molar-refractivity contribution >= 4 is 29.7 Å². The van der Waals surface area contributed by atoms with Crippen molar-refractivity contribution in [3.8, 4) is 11.5 Å². The molecule has 1 aromatic carbocycles. The minimum absolute atomic E-state index is 0.0678. The van der Waals surface area contributed by atoms with Crippen molar-refractivity contribution < 1.29 is 4.43 Å². The van der Waals surface area contributed by atoms with Gasteiger partial charge in [0.15, 0.2) is 8.32 Å². The summed E-state index contributed by atoms with van der Waals surface area (Å²) in [6, 6.07) is 14.6. The van der Waals surface area contributed by atoms with E-state index in [4.69, 9.17) is 4.43 Å². The van der Waals surface area contributed by atoms with E-state index in [1.54, 1.807) is 0 Å². The van der Waals surface area contributed by atoms with Crippen molar-refractivity contribution in [2.45, 2.75) is 103 Å². The first kappa shape index (κ1) is 27.2. The van der Waals surface area contributed by atoms with Gasteiger partial charge in [-0.3, -0.25) is 0 Å². The van der Waals surface area contributed by atoms with Crippen LogP contribution in [0.2, 0.25) is 54.9 Å². The van der Waals surface area contributed by atoms with E-state index in [0.29, 0.717) is 0 Å². The third kappa shape index (κ3) is 6.32. The molecule has 2 atom stereocenters. The Bertz CT molecular complexity index is 723. The average molecular weight is 459 g/mol. The molecule has 1 nitrogen and oxygen atoms in total. The Balaban J connectivity index is 3.53. The Kier molecular flexibility index (Phi) is 9.63. The summed E-state index contributed by atoms with van der Waals surface area (Å²) in [6.07, 6.45) is 2.08. The van der Waals surface area contributed by atoms with Crippen molar-refractivity contribution in [3.05, 3.63) is 43.0 Å². The molecule has 0 heterocycles. The van der Waals surface area contributed by atoms with Gasteiger partial charge in [-0.15, -0.1) is 12.1 Å². The van der Waals surface area contributed by atoms with E-state index in [-0.39, 0.29) is 16.7 Å². The summed E-state index contributed by atoms with van der Waals surface area (Å²) < 4.78 is 7.04. The summed E-state index contributed by atoms with van der Waals surface area (Å²) in [4.78, 5) is 0. The van der Waals surface area contributed by atoms with Crippen LogP contribution in [0.5, 0.6) is 0 Å². The lowest BCUT2D eigenvalue weighted by Gasteiger charge is -2.42. The fourth-order valence-electron chi connectivity index (χ4n) is 3.78. The molecule has 30 heavy (non-hydrogen) atoms. The van der Waals surface area contributed by atoms with E-state index >= 15 is 0 Å². The first-order valence-electron chi connectivity index (χ1n) is 11.7. The van der Waals surface area contributed by atoms with E-state index in [9.17, 15) is 0 Å². The molecule has 0 aliphatic carbocycles. The quantitative estimate of drug-likeness (QED) is 0.210. The van der Waals surface area contributed by atoms with E-state index in [1.807, 2.05) is 0 Å². The predicted molar refractivity (Wildman–Crippen MR) is 145 cm³/mol. The maximum absolute atomic E-state index is 7.04. The van der Waals surface area contributed by atoms with Gasteiger partial charge in [-0.1, -0.05) is 102 Å². The Hall–Kier alpha value is -0.869. The van der Waals surface area contributed by atoms with Gasteiger partial charge in [0.2, 0.25) is 0 Å². The minimum Gasteiger partial charge on any atom is -0.403 e. The van der Waals surface area contributed by atoms with Crippen LogP contribution in [0.1, 0.15) is 41.5 Å². The highest BCUT2D eigenvalue weighted by Crippen LogP contribution is 2.40. The number of benzene rings is 1. The number of rotatable bonds is 9. The molecule has 0 saturated heterocycles. The van der Waals surface area contributed by atoms with Gasteiger partial charge in [0, 0.05) is 5.54 Å². The topological polar surface area (TPSA) is 9.23 Å². The standard InChI is InChI=1S/C26H46OSi3/c1-12-25(28(8,9)23-19-17-16-18-20-23)24(27-29(10,11)26(5,6)7)21-22-30(13-2,14-3)15-4/h12,16-20,24-25H,1,13-15H2,2-11H3/t24-,25+/m1/s1. The van der Waals surface area contributed by atoms with Crippen molar-refractivity contribution in [1.29, 1.82) is 0 Å². The monoisotopic (exact) mass is 458 g/mol. The molecule has 0 aromatic heterocycles. The lowest BCUT2D eigenvalue weighted by atomic mass is 10.2. The fraction of sp³-hybridized carbons (Fsp3) is 0.615. The molecule has 0 unspecified atom stereocenters. The van der Waals surface area contributed by atoms with Crippen LogP contribution < -0.4 is 5.19 Å². The summed E-state index contributed by atoms with van der Waals surface area (Å²) >= 11 is 0. The normalized spacial score (nSPS) is 15.1. The van der Waals surface area contributed by atoms with Crippen LogP contribution in [0.4, 0.5) is 0 Å². The molecule has 0 fully saturated rings. The summed E-state index contributed by atoms with van der Waals surface area (Å²) in [6.45, 7) is 27.8. The van der Waals surface area contributed by atoms with Gasteiger partial charge in [0.05, 0.1) is 8.07 Å². The zero-order valence-electron chi connectivity index (χ0n) is 21.4. The molecule has 0 bridgehead atoms. The lowest BCUT2D eigenvalue weighted by molar-refractivity contribution is 0.234. The first-order valence-corrected chi connectivity index (χ1v) is 20.3. The molecule has 0 N–H and O–H groups in total. The van der Waals surface area contributed by atoms with Gasteiger partial charge in [0.1, 0.15) is 14.2 Å². The van der Waals surface area contributed by atoms with Gasteiger partial charge in [0.25, 0.3) is 0 Å². The maximum Gasteiger partial charge on any atom is 0.193 e. The molecule has 1 aromatic rings. The van der Waals surface area contributed by atoms with Gasteiger partial charge in [-0.25, -0.2) is 0 Å². The fourth-order valence-corrected chi connectivity index (χ4v) is 10.5. The van der Waals surface area contributed by atoms with E-state index in [1.165, 1.54) is 23.3 Å². The molecular formula is C26H46OSi3. The Morgan fingerprint density at radius 1 is 0.967 bits per heavy atom. The SMILES string of the molecule is C=C[C@@H]([C@@H](C#C[Si](CC)(CC)CC)O[Si](C)(C)C(C)(C)C)[Si](C)(C)c1ccccc1. The second-order valence-corrected chi connectivity index (χ2v) is 25.1. The Morgan fingerprint density at radius 3 is 1.87 bits per heavy atom. The summed E-state index contributed by atoms with van der Waals surface area (Å²) in [5.74, 6) is 3.76. The second-order valence-electron chi connectivity index (χ2n) is 10.8. The molecule has 0 aliphatic heterocycles. The van der Waals surface area contributed by atoms with Crippen LogP contribution in [0, 0.1) is 11.5 Å². The highest BCUT2D eigenvalue weighted by atomic mass is 28.4. The van der Waals surface area contributed by atoms with Crippen molar-refractivity contribution in [3.63, 3.8) is 0 Å². The summed E-state index contributed by atoms with van der Waals surface area (Å²) in [7, 11) is -5.37.